The van der Waals surface area contributed by atoms with Gasteiger partial charge in [0, 0.05) is 21.9 Å². The summed E-state index contributed by atoms with van der Waals surface area (Å²) in [4.78, 5) is 15.1. The van der Waals surface area contributed by atoms with Gasteiger partial charge in [0.25, 0.3) is 0 Å². The molecule has 0 fully saturated rings. The van der Waals surface area contributed by atoms with Crippen molar-refractivity contribution >= 4 is 32.7 Å². The normalized spacial score (nSPS) is 11.4. The molecule has 2 aromatic heterocycles. The highest BCUT2D eigenvalue weighted by Gasteiger charge is 2.20. The number of furan rings is 1. The third-order valence-electron chi connectivity index (χ3n) is 8.76. The van der Waals surface area contributed by atoms with Gasteiger partial charge in [0.2, 0.25) is 0 Å². The van der Waals surface area contributed by atoms with Crippen LogP contribution >= 0.6 is 0 Å². The molecule has 0 saturated carbocycles. The molecular formula is C43H27N3O. The Morgan fingerprint density at radius 2 is 0.872 bits per heavy atom. The number of rotatable bonds is 5. The maximum Gasteiger partial charge on any atom is 0.167 e. The van der Waals surface area contributed by atoms with Gasteiger partial charge >= 0.3 is 0 Å². The first-order valence-electron chi connectivity index (χ1n) is 15.7. The van der Waals surface area contributed by atoms with Gasteiger partial charge in [-0.1, -0.05) is 152 Å². The maximum absolute atomic E-state index is 6.59. The quantitative estimate of drug-likeness (QED) is 0.197. The Morgan fingerprint density at radius 1 is 0.340 bits per heavy atom. The molecule has 9 aromatic rings. The minimum Gasteiger partial charge on any atom is -0.455 e. The first kappa shape index (κ1) is 27.0. The Morgan fingerprint density at radius 3 is 1.64 bits per heavy atom. The van der Waals surface area contributed by atoms with Crippen molar-refractivity contribution in [2.24, 2.45) is 0 Å². The van der Waals surface area contributed by atoms with Gasteiger partial charge in [-0.15, -0.1) is 0 Å². The van der Waals surface area contributed by atoms with E-state index >= 15 is 0 Å². The van der Waals surface area contributed by atoms with Crippen LogP contribution < -0.4 is 0 Å². The summed E-state index contributed by atoms with van der Waals surface area (Å²) >= 11 is 0. The van der Waals surface area contributed by atoms with Gasteiger partial charge in [0.15, 0.2) is 17.5 Å². The fourth-order valence-electron chi connectivity index (χ4n) is 6.48. The maximum atomic E-state index is 6.59. The van der Waals surface area contributed by atoms with Gasteiger partial charge in [-0.2, -0.15) is 0 Å². The van der Waals surface area contributed by atoms with Gasteiger partial charge < -0.3 is 4.42 Å². The lowest BCUT2D eigenvalue weighted by Gasteiger charge is -2.11. The van der Waals surface area contributed by atoms with Gasteiger partial charge in [-0.3, -0.25) is 0 Å². The number of hydrogen-bond donors (Lipinski definition) is 0. The topological polar surface area (TPSA) is 51.8 Å². The van der Waals surface area contributed by atoms with E-state index in [0.29, 0.717) is 17.5 Å². The summed E-state index contributed by atoms with van der Waals surface area (Å²) in [6.45, 7) is 0. The molecule has 9 rings (SSSR count). The summed E-state index contributed by atoms with van der Waals surface area (Å²) in [7, 11) is 0. The molecule has 0 aliphatic rings. The summed E-state index contributed by atoms with van der Waals surface area (Å²) in [5, 5.41) is 4.56. The molecular weight excluding hydrogens is 574 g/mol. The Kier molecular flexibility index (Phi) is 6.43. The van der Waals surface area contributed by atoms with E-state index in [-0.39, 0.29) is 0 Å². The second-order valence-corrected chi connectivity index (χ2v) is 11.6. The average Bonchev–Trinajstić information content (AvgIpc) is 3.55. The zero-order valence-electron chi connectivity index (χ0n) is 25.3. The lowest BCUT2D eigenvalue weighted by atomic mass is 9.97. The van der Waals surface area contributed by atoms with Crippen LogP contribution in [0.1, 0.15) is 0 Å². The van der Waals surface area contributed by atoms with E-state index < -0.39 is 0 Å². The molecule has 0 aliphatic heterocycles. The molecule has 0 radical (unpaired) electrons. The molecule has 0 bridgehead atoms. The molecule has 2 heterocycles. The van der Waals surface area contributed by atoms with Gasteiger partial charge in [0.1, 0.15) is 11.2 Å². The number of hydrogen-bond acceptors (Lipinski definition) is 4. The van der Waals surface area contributed by atoms with Crippen molar-refractivity contribution in [2.75, 3.05) is 0 Å². The second-order valence-electron chi connectivity index (χ2n) is 11.6. The molecule has 7 aromatic carbocycles. The van der Waals surface area contributed by atoms with Crippen LogP contribution in [-0.2, 0) is 0 Å². The molecule has 4 nitrogen and oxygen atoms in total. The third-order valence-corrected chi connectivity index (χ3v) is 8.76. The zero-order valence-corrected chi connectivity index (χ0v) is 25.3. The van der Waals surface area contributed by atoms with Gasteiger partial charge in [-0.25, -0.2) is 15.0 Å². The third kappa shape index (κ3) is 4.75. The first-order chi connectivity index (χ1) is 23.3. The highest BCUT2D eigenvalue weighted by Crippen LogP contribution is 2.41. The van der Waals surface area contributed by atoms with Crippen LogP contribution in [0.15, 0.2) is 168 Å². The van der Waals surface area contributed by atoms with Crippen LogP contribution in [0, 0.1) is 0 Å². The summed E-state index contributed by atoms with van der Waals surface area (Å²) in [6, 6.07) is 56.3. The van der Waals surface area contributed by atoms with E-state index in [2.05, 4.69) is 115 Å². The molecule has 0 amide bonds. The number of para-hydroxylation sites is 1. The number of aromatic nitrogens is 3. The van der Waals surface area contributed by atoms with Crippen molar-refractivity contribution < 1.29 is 4.42 Å². The van der Waals surface area contributed by atoms with E-state index in [9.17, 15) is 0 Å². The number of fused-ring (bicyclic) bond motifs is 4. The second kappa shape index (κ2) is 11.2. The van der Waals surface area contributed by atoms with E-state index in [4.69, 9.17) is 19.4 Å². The number of benzene rings is 7. The Bertz CT molecular complexity index is 2550. The lowest BCUT2D eigenvalue weighted by Crippen LogP contribution is -2.00. The van der Waals surface area contributed by atoms with Crippen molar-refractivity contribution in [1.82, 2.24) is 15.0 Å². The smallest absolute Gasteiger partial charge is 0.167 e. The summed E-state index contributed by atoms with van der Waals surface area (Å²) < 4.78 is 6.59. The highest BCUT2D eigenvalue weighted by atomic mass is 16.3. The van der Waals surface area contributed by atoms with E-state index in [1.165, 1.54) is 16.3 Å². The molecule has 0 spiro atoms. The molecule has 0 aliphatic carbocycles. The zero-order chi connectivity index (χ0) is 31.2. The molecule has 4 heteroatoms. The van der Waals surface area contributed by atoms with Crippen molar-refractivity contribution in [3.05, 3.63) is 164 Å². The van der Waals surface area contributed by atoms with Crippen molar-refractivity contribution in [2.45, 2.75) is 0 Å². The minimum absolute atomic E-state index is 0.565. The predicted octanol–water partition coefficient (Wildman–Crippen LogP) is 11.3. The van der Waals surface area contributed by atoms with E-state index in [1.807, 2.05) is 48.5 Å². The first-order valence-corrected chi connectivity index (χ1v) is 15.7. The molecule has 0 saturated heterocycles. The molecule has 0 unspecified atom stereocenters. The fraction of sp³-hybridized carbons (Fsp3) is 0. The molecule has 0 atom stereocenters. The van der Waals surface area contributed by atoms with Crippen LogP contribution in [0.3, 0.4) is 0 Å². The standard InChI is InChI=1S/C43H27N3O/c1-3-12-29(13-4-1)35-26-27-37(40-39(35)36-19-9-10-21-38(36)47-40)43-45-41(31-15-5-2-6-16-31)44-42(46-43)32-24-22-30(23-25-32)34-20-11-17-28-14-7-8-18-33(28)34/h1-27H. The van der Waals surface area contributed by atoms with Crippen LogP contribution in [0.4, 0.5) is 0 Å². The van der Waals surface area contributed by atoms with E-state index in [1.54, 1.807) is 0 Å². The molecule has 0 N–H and O–H groups in total. The summed E-state index contributed by atoms with van der Waals surface area (Å²) in [5.41, 5.74) is 8.82. The van der Waals surface area contributed by atoms with Gasteiger partial charge in [0.05, 0.1) is 5.56 Å². The SMILES string of the molecule is c1ccc(-c2nc(-c3ccc(-c4cccc5ccccc45)cc3)nc(-c3ccc(-c4ccccc4)c4c3oc3ccccc34)n2)cc1. The minimum atomic E-state index is 0.565. The van der Waals surface area contributed by atoms with Crippen molar-refractivity contribution in [3.63, 3.8) is 0 Å². The van der Waals surface area contributed by atoms with Crippen LogP contribution in [-0.4, -0.2) is 15.0 Å². The van der Waals surface area contributed by atoms with Crippen molar-refractivity contribution in [3.8, 4) is 56.4 Å². The van der Waals surface area contributed by atoms with Gasteiger partial charge in [-0.05, 0) is 45.2 Å². The average molecular weight is 602 g/mol. The molecule has 220 valence electrons. The van der Waals surface area contributed by atoms with E-state index in [0.717, 1.165) is 55.3 Å². The Labute approximate surface area is 271 Å². The number of nitrogens with zero attached hydrogens (tertiary/aromatic N) is 3. The monoisotopic (exact) mass is 601 g/mol. The molecule has 47 heavy (non-hydrogen) atoms. The predicted molar refractivity (Wildman–Crippen MR) is 192 cm³/mol. The Balaban J connectivity index is 1.23. The highest BCUT2D eigenvalue weighted by molar-refractivity contribution is 6.16. The van der Waals surface area contributed by atoms with Crippen LogP contribution in [0.25, 0.3) is 89.1 Å². The largest absolute Gasteiger partial charge is 0.455 e. The Hall–Kier alpha value is -6.39. The van der Waals surface area contributed by atoms with Crippen LogP contribution in [0.2, 0.25) is 0 Å². The fourth-order valence-corrected chi connectivity index (χ4v) is 6.48. The summed E-state index contributed by atoms with van der Waals surface area (Å²) in [5.74, 6) is 1.78. The lowest BCUT2D eigenvalue weighted by molar-refractivity contribution is 0.669. The summed E-state index contributed by atoms with van der Waals surface area (Å²) in [6.07, 6.45) is 0. The van der Waals surface area contributed by atoms with Crippen molar-refractivity contribution in [1.29, 1.82) is 0 Å². The van der Waals surface area contributed by atoms with Crippen LogP contribution in [0.5, 0.6) is 0 Å².